The Labute approximate surface area is 71.4 Å². The normalized spacial score (nSPS) is 15.0. The Kier molecular flexibility index (Phi) is 5.24. The van der Waals surface area contributed by atoms with E-state index >= 15 is 0 Å². The molecule has 0 aromatic heterocycles. The lowest BCUT2D eigenvalue weighted by Gasteiger charge is -2.31. The van der Waals surface area contributed by atoms with Gasteiger partial charge >= 0.3 is 0 Å². The summed E-state index contributed by atoms with van der Waals surface area (Å²) >= 11 is 0. The lowest BCUT2D eigenvalue weighted by Crippen LogP contribution is -2.36. The Bertz CT molecular complexity index is 96.3. The van der Waals surface area contributed by atoms with Gasteiger partial charge in [0.05, 0.1) is 0 Å². The summed E-state index contributed by atoms with van der Waals surface area (Å²) in [6.07, 6.45) is 0.838. The maximum absolute atomic E-state index is 9.24. The van der Waals surface area contributed by atoms with Crippen LogP contribution < -0.4 is 0 Å². The van der Waals surface area contributed by atoms with Gasteiger partial charge in [0.2, 0.25) is 0 Å². The van der Waals surface area contributed by atoms with Crippen LogP contribution in [0.3, 0.4) is 0 Å². The molecule has 3 heteroatoms. The maximum atomic E-state index is 9.24. The van der Waals surface area contributed by atoms with Gasteiger partial charge in [-0.2, -0.15) is 0 Å². The zero-order valence-corrected chi connectivity index (χ0v) is 9.10. The van der Waals surface area contributed by atoms with E-state index < -0.39 is 8.15 Å². The van der Waals surface area contributed by atoms with Crippen molar-refractivity contribution in [3.63, 3.8) is 0 Å². The summed E-state index contributed by atoms with van der Waals surface area (Å²) in [5.41, 5.74) is 0. The van der Waals surface area contributed by atoms with Crippen molar-refractivity contribution in [3.8, 4) is 0 Å². The molecule has 68 valence electrons. The van der Waals surface area contributed by atoms with Crippen LogP contribution in [0.25, 0.3) is 0 Å². The molecule has 1 N–H and O–H groups in total. The van der Waals surface area contributed by atoms with E-state index in [1.165, 1.54) is 0 Å². The summed E-state index contributed by atoms with van der Waals surface area (Å²) in [6, 6.07) is 1.07. The minimum Gasteiger partial charge on any atom is -0.373 e. The van der Waals surface area contributed by atoms with Gasteiger partial charge in [-0.05, 0) is 34.4 Å². The van der Waals surface area contributed by atoms with Crippen molar-refractivity contribution in [3.05, 3.63) is 0 Å². The Morgan fingerprint density at radius 3 is 1.64 bits per heavy atom. The van der Waals surface area contributed by atoms with Gasteiger partial charge in [0, 0.05) is 26.5 Å². The molecular weight excluding hydrogens is 157 g/mol. The van der Waals surface area contributed by atoms with Gasteiger partial charge < -0.3 is 4.89 Å². The van der Waals surface area contributed by atoms with E-state index in [2.05, 4.69) is 32.6 Å². The summed E-state index contributed by atoms with van der Waals surface area (Å²) in [5, 5.41) is 0. The van der Waals surface area contributed by atoms with Gasteiger partial charge in [-0.25, -0.2) is 0 Å². The molecule has 0 aliphatic carbocycles. The molecule has 0 saturated carbocycles. The second kappa shape index (κ2) is 5.08. The Morgan fingerprint density at radius 1 is 1.18 bits per heavy atom. The predicted octanol–water partition coefficient (Wildman–Crippen LogP) is 2.08. The molecule has 0 fully saturated rings. The van der Waals surface area contributed by atoms with Crippen LogP contribution in [0.1, 0.15) is 27.7 Å². The molecule has 0 aromatic carbocycles. The second-order valence-electron chi connectivity index (χ2n) is 3.50. The van der Waals surface area contributed by atoms with Crippen LogP contribution >= 0.6 is 8.15 Å². The molecule has 0 spiro atoms. The molecule has 0 aromatic rings. The van der Waals surface area contributed by atoms with Crippen molar-refractivity contribution >= 4 is 8.15 Å². The van der Waals surface area contributed by atoms with Gasteiger partial charge in [0.1, 0.15) is 0 Å². The predicted molar refractivity (Wildman–Crippen MR) is 52.0 cm³/mol. The number of hydrogen-bond acceptors (Lipinski definition) is 2. The lowest BCUT2D eigenvalue weighted by atomic mass is 10.2. The van der Waals surface area contributed by atoms with Crippen LogP contribution in [0.2, 0.25) is 0 Å². The number of nitrogens with zero attached hydrogens (tertiary/aromatic N) is 1. The maximum Gasteiger partial charge on any atom is 0.0428 e. The third-order valence-electron chi connectivity index (χ3n) is 1.69. The Balaban J connectivity index is 3.90. The first-order chi connectivity index (χ1) is 4.95. The minimum absolute atomic E-state index is 0.534. The smallest absolute Gasteiger partial charge is 0.0428 e. The molecule has 0 aliphatic heterocycles. The standard InChI is InChI=1S/C8H20NOP/c1-7(2)9(8(3)4)6-11(5)10/h7-8,10H,6H2,1-5H3. The average molecular weight is 177 g/mol. The van der Waals surface area contributed by atoms with E-state index in [1.807, 2.05) is 6.66 Å². The summed E-state index contributed by atoms with van der Waals surface area (Å²) in [7, 11) is -0.779. The SMILES string of the molecule is CC(C)N(CP(C)O)C(C)C. The highest BCUT2D eigenvalue weighted by Gasteiger charge is 2.14. The first-order valence-corrected chi connectivity index (χ1v) is 6.03. The van der Waals surface area contributed by atoms with Crippen molar-refractivity contribution < 1.29 is 4.89 Å². The van der Waals surface area contributed by atoms with Gasteiger partial charge in [0.15, 0.2) is 0 Å². The van der Waals surface area contributed by atoms with Crippen LogP contribution in [0.5, 0.6) is 0 Å². The quantitative estimate of drug-likeness (QED) is 0.664. The summed E-state index contributed by atoms with van der Waals surface area (Å²) in [4.78, 5) is 11.6. The zero-order chi connectivity index (χ0) is 9.02. The highest BCUT2D eigenvalue weighted by atomic mass is 31.1. The molecule has 0 rings (SSSR count). The molecule has 0 aliphatic rings. The molecule has 0 heterocycles. The Morgan fingerprint density at radius 2 is 1.55 bits per heavy atom. The summed E-state index contributed by atoms with van der Waals surface area (Å²) in [6.45, 7) is 10.6. The number of hydrogen-bond donors (Lipinski definition) is 1. The molecule has 1 unspecified atom stereocenters. The van der Waals surface area contributed by atoms with Crippen LogP contribution in [0, 0.1) is 0 Å². The van der Waals surface area contributed by atoms with Gasteiger partial charge in [-0.3, -0.25) is 4.90 Å². The second-order valence-corrected chi connectivity index (χ2v) is 5.10. The zero-order valence-electron chi connectivity index (χ0n) is 8.20. The largest absolute Gasteiger partial charge is 0.373 e. The first-order valence-electron chi connectivity index (χ1n) is 4.11. The molecule has 1 atom stereocenters. The van der Waals surface area contributed by atoms with Crippen molar-refractivity contribution in [1.82, 2.24) is 4.90 Å². The molecule has 0 radical (unpaired) electrons. The topological polar surface area (TPSA) is 23.5 Å². The fourth-order valence-corrected chi connectivity index (χ4v) is 2.29. The third-order valence-corrected chi connectivity index (χ3v) is 2.43. The van der Waals surface area contributed by atoms with Crippen molar-refractivity contribution in [2.75, 3.05) is 13.0 Å². The monoisotopic (exact) mass is 177 g/mol. The van der Waals surface area contributed by atoms with Crippen LogP contribution in [-0.2, 0) is 0 Å². The highest BCUT2D eigenvalue weighted by Crippen LogP contribution is 2.26. The Hall–Kier alpha value is 0.350. The fourth-order valence-electron chi connectivity index (χ4n) is 1.16. The summed E-state index contributed by atoms with van der Waals surface area (Å²) in [5.74, 6) is 0. The van der Waals surface area contributed by atoms with E-state index in [4.69, 9.17) is 0 Å². The molecule has 11 heavy (non-hydrogen) atoms. The van der Waals surface area contributed by atoms with Gasteiger partial charge in [-0.15, -0.1) is 0 Å². The molecular formula is C8H20NOP. The molecule has 0 bridgehead atoms. The third kappa shape index (κ3) is 4.73. The number of rotatable bonds is 4. The van der Waals surface area contributed by atoms with Gasteiger partial charge in [0.25, 0.3) is 0 Å². The first kappa shape index (κ1) is 11.4. The van der Waals surface area contributed by atoms with Crippen LogP contribution in [0.15, 0.2) is 0 Å². The molecule has 0 amide bonds. The summed E-state index contributed by atoms with van der Waals surface area (Å²) < 4.78 is 0. The lowest BCUT2D eigenvalue weighted by molar-refractivity contribution is 0.205. The van der Waals surface area contributed by atoms with Gasteiger partial charge in [-0.1, -0.05) is 0 Å². The molecule has 0 saturated heterocycles. The van der Waals surface area contributed by atoms with E-state index in [0.717, 1.165) is 6.29 Å². The minimum atomic E-state index is -0.779. The molecule has 2 nitrogen and oxygen atoms in total. The highest BCUT2D eigenvalue weighted by molar-refractivity contribution is 7.50. The fraction of sp³-hybridized carbons (Fsp3) is 1.00. The van der Waals surface area contributed by atoms with Crippen molar-refractivity contribution in [2.45, 2.75) is 39.8 Å². The van der Waals surface area contributed by atoms with Crippen molar-refractivity contribution in [1.29, 1.82) is 0 Å². The van der Waals surface area contributed by atoms with E-state index in [0.29, 0.717) is 12.1 Å². The van der Waals surface area contributed by atoms with E-state index in [1.54, 1.807) is 0 Å². The van der Waals surface area contributed by atoms with E-state index in [9.17, 15) is 4.89 Å². The van der Waals surface area contributed by atoms with Crippen molar-refractivity contribution in [2.24, 2.45) is 0 Å². The van der Waals surface area contributed by atoms with E-state index in [-0.39, 0.29) is 0 Å². The van der Waals surface area contributed by atoms with Crippen LogP contribution in [-0.4, -0.2) is 34.8 Å². The average Bonchev–Trinajstić information content (AvgIpc) is 1.81. The van der Waals surface area contributed by atoms with Crippen LogP contribution in [0.4, 0.5) is 0 Å².